The van der Waals surface area contributed by atoms with Crippen LogP contribution in [0.3, 0.4) is 0 Å². The van der Waals surface area contributed by atoms with Crippen molar-refractivity contribution in [2.75, 3.05) is 13.7 Å². The van der Waals surface area contributed by atoms with E-state index in [1.807, 2.05) is 0 Å². The van der Waals surface area contributed by atoms with Crippen LogP contribution in [0.4, 0.5) is 4.39 Å². The van der Waals surface area contributed by atoms with E-state index in [2.05, 4.69) is 9.82 Å². The summed E-state index contributed by atoms with van der Waals surface area (Å²) < 4.78 is 46.5. The van der Waals surface area contributed by atoms with Crippen LogP contribution in [0, 0.1) is 5.82 Å². The Kier molecular flexibility index (Phi) is 5.86. The fraction of sp³-hybridized carbons (Fsp3) is 0.158. The average Bonchev–Trinajstić information content (AvgIpc) is 2.70. The lowest BCUT2D eigenvalue weighted by Gasteiger charge is -2.10. The lowest BCUT2D eigenvalue weighted by molar-refractivity contribution is 0.413. The molecule has 1 heterocycles. The average molecular weight is 403 g/mol. The molecule has 0 atom stereocenters. The molecular formula is C19H18FN3O4S. The van der Waals surface area contributed by atoms with E-state index < -0.39 is 10.0 Å². The van der Waals surface area contributed by atoms with E-state index in [0.717, 1.165) is 4.68 Å². The van der Waals surface area contributed by atoms with Crippen molar-refractivity contribution in [1.29, 1.82) is 0 Å². The van der Waals surface area contributed by atoms with Gasteiger partial charge in [-0.3, -0.25) is 4.79 Å². The molecule has 9 heteroatoms. The Morgan fingerprint density at radius 1 is 1.11 bits per heavy atom. The Bertz CT molecular complexity index is 1130. The quantitative estimate of drug-likeness (QED) is 0.652. The van der Waals surface area contributed by atoms with E-state index in [4.69, 9.17) is 4.74 Å². The number of halogens is 1. The molecule has 3 aromatic rings. The Hall–Kier alpha value is -3.04. The van der Waals surface area contributed by atoms with Crippen LogP contribution in [0.1, 0.15) is 0 Å². The number of sulfonamides is 1. The second kappa shape index (κ2) is 8.32. The van der Waals surface area contributed by atoms with Gasteiger partial charge in [-0.25, -0.2) is 22.2 Å². The molecule has 0 unspecified atom stereocenters. The van der Waals surface area contributed by atoms with Crippen molar-refractivity contribution in [3.05, 3.63) is 76.8 Å². The van der Waals surface area contributed by atoms with Crippen molar-refractivity contribution >= 4 is 10.0 Å². The van der Waals surface area contributed by atoms with Crippen molar-refractivity contribution < 1.29 is 17.5 Å². The van der Waals surface area contributed by atoms with Gasteiger partial charge in [-0.15, -0.1) is 0 Å². The molecule has 0 amide bonds. The van der Waals surface area contributed by atoms with Crippen LogP contribution in [-0.4, -0.2) is 31.9 Å². The first-order chi connectivity index (χ1) is 13.4. The molecule has 0 aliphatic carbocycles. The summed E-state index contributed by atoms with van der Waals surface area (Å²) in [5.41, 5.74) is 0.758. The fourth-order valence-corrected chi connectivity index (χ4v) is 3.58. The van der Waals surface area contributed by atoms with Crippen LogP contribution in [0.5, 0.6) is 5.75 Å². The first-order valence-corrected chi connectivity index (χ1v) is 9.85. The third-order valence-corrected chi connectivity index (χ3v) is 5.43. The number of aromatic nitrogens is 2. The monoisotopic (exact) mass is 403 g/mol. The summed E-state index contributed by atoms with van der Waals surface area (Å²) in [7, 11) is -2.31. The largest absolute Gasteiger partial charge is 0.497 e. The number of ether oxygens (including phenoxy) is 1. The summed E-state index contributed by atoms with van der Waals surface area (Å²) in [6.07, 6.45) is 0. The summed E-state index contributed by atoms with van der Waals surface area (Å²) in [4.78, 5) is 12.1. The molecule has 0 aliphatic heterocycles. The molecular weight excluding hydrogens is 385 g/mol. The van der Waals surface area contributed by atoms with Gasteiger partial charge in [0.2, 0.25) is 10.0 Å². The number of nitrogens with zero attached hydrogens (tertiary/aromatic N) is 2. The van der Waals surface area contributed by atoms with Crippen LogP contribution >= 0.6 is 0 Å². The Balaban J connectivity index is 1.73. The Labute approximate surface area is 161 Å². The maximum atomic E-state index is 13.1. The molecule has 7 nitrogen and oxygen atoms in total. The Morgan fingerprint density at radius 2 is 1.86 bits per heavy atom. The van der Waals surface area contributed by atoms with E-state index in [1.54, 1.807) is 24.3 Å². The molecule has 3 rings (SSSR count). The minimum absolute atomic E-state index is 0.0285. The van der Waals surface area contributed by atoms with E-state index >= 15 is 0 Å². The van der Waals surface area contributed by atoms with Crippen LogP contribution in [0.2, 0.25) is 0 Å². The maximum absolute atomic E-state index is 13.1. The fourth-order valence-electron chi connectivity index (χ4n) is 2.52. The second-order valence-electron chi connectivity index (χ2n) is 5.86. The van der Waals surface area contributed by atoms with Gasteiger partial charge in [0.05, 0.1) is 24.2 Å². The number of rotatable bonds is 7. The highest BCUT2D eigenvalue weighted by molar-refractivity contribution is 7.89. The molecule has 0 radical (unpaired) electrons. The zero-order chi connectivity index (χ0) is 20.1. The number of methoxy groups -OCH3 is 1. The smallest absolute Gasteiger partial charge is 0.266 e. The number of hydrogen-bond acceptors (Lipinski definition) is 5. The summed E-state index contributed by atoms with van der Waals surface area (Å²) in [5, 5.41) is 4.22. The second-order valence-corrected chi connectivity index (χ2v) is 7.63. The van der Waals surface area contributed by atoms with Gasteiger partial charge in [0.15, 0.2) is 0 Å². The molecule has 1 N–H and O–H groups in total. The minimum atomic E-state index is -3.76. The summed E-state index contributed by atoms with van der Waals surface area (Å²) >= 11 is 0. The third kappa shape index (κ3) is 4.62. The summed E-state index contributed by atoms with van der Waals surface area (Å²) in [6.45, 7) is 0.0103. The van der Waals surface area contributed by atoms with Gasteiger partial charge in [0.25, 0.3) is 5.56 Å². The normalized spacial score (nSPS) is 11.4. The van der Waals surface area contributed by atoms with Crippen molar-refractivity contribution in [1.82, 2.24) is 14.5 Å². The first kappa shape index (κ1) is 19.7. The molecule has 0 saturated carbocycles. The van der Waals surface area contributed by atoms with Gasteiger partial charge >= 0.3 is 0 Å². The molecule has 2 aromatic carbocycles. The zero-order valence-corrected chi connectivity index (χ0v) is 15.8. The van der Waals surface area contributed by atoms with Gasteiger partial charge in [0, 0.05) is 24.2 Å². The molecule has 0 saturated heterocycles. The standard InChI is InChI=1S/C19H18FN3O4S/c1-27-16-3-2-4-17(13-16)28(25,26)21-11-12-23-19(24)10-9-18(22-23)14-5-7-15(20)8-6-14/h2-10,13,21H,11-12H2,1H3. The van der Waals surface area contributed by atoms with E-state index in [1.165, 1.54) is 43.5 Å². The predicted octanol–water partition coefficient (Wildman–Crippen LogP) is 2.04. The molecule has 146 valence electrons. The van der Waals surface area contributed by atoms with Crippen LogP contribution in [0.15, 0.2) is 70.4 Å². The van der Waals surface area contributed by atoms with Gasteiger partial charge < -0.3 is 4.74 Å². The van der Waals surface area contributed by atoms with E-state index in [0.29, 0.717) is 17.0 Å². The number of hydrogen-bond donors (Lipinski definition) is 1. The van der Waals surface area contributed by atoms with E-state index in [9.17, 15) is 17.6 Å². The van der Waals surface area contributed by atoms with Gasteiger partial charge in [-0.2, -0.15) is 5.10 Å². The molecule has 1 aromatic heterocycles. The molecule has 0 bridgehead atoms. The Morgan fingerprint density at radius 3 is 2.57 bits per heavy atom. The maximum Gasteiger partial charge on any atom is 0.266 e. The lowest BCUT2D eigenvalue weighted by Crippen LogP contribution is -2.32. The molecule has 28 heavy (non-hydrogen) atoms. The van der Waals surface area contributed by atoms with Crippen LogP contribution in [0.25, 0.3) is 11.3 Å². The van der Waals surface area contributed by atoms with Crippen LogP contribution < -0.4 is 15.0 Å². The number of nitrogens with one attached hydrogen (secondary N) is 1. The third-order valence-electron chi connectivity index (χ3n) is 3.97. The summed E-state index contributed by atoms with van der Waals surface area (Å²) in [5.74, 6) is 0.0526. The van der Waals surface area contributed by atoms with Gasteiger partial charge in [-0.05, 0) is 42.5 Å². The van der Waals surface area contributed by atoms with E-state index in [-0.39, 0.29) is 29.4 Å². The highest BCUT2D eigenvalue weighted by atomic mass is 32.2. The molecule has 0 spiro atoms. The molecule has 0 fully saturated rings. The van der Waals surface area contributed by atoms with Crippen molar-refractivity contribution in [3.63, 3.8) is 0 Å². The molecule has 0 aliphatic rings. The van der Waals surface area contributed by atoms with Crippen molar-refractivity contribution in [3.8, 4) is 17.0 Å². The van der Waals surface area contributed by atoms with Crippen LogP contribution in [-0.2, 0) is 16.6 Å². The lowest BCUT2D eigenvalue weighted by atomic mass is 10.1. The highest BCUT2D eigenvalue weighted by Gasteiger charge is 2.14. The van der Waals surface area contributed by atoms with Gasteiger partial charge in [0.1, 0.15) is 11.6 Å². The minimum Gasteiger partial charge on any atom is -0.497 e. The highest BCUT2D eigenvalue weighted by Crippen LogP contribution is 2.17. The first-order valence-electron chi connectivity index (χ1n) is 8.37. The van der Waals surface area contributed by atoms with Crippen molar-refractivity contribution in [2.45, 2.75) is 11.4 Å². The van der Waals surface area contributed by atoms with Gasteiger partial charge in [-0.1, -0.05) is 6.07 Å². The predicted molar refractivity (Wildman–Crippen MR) is 102 cm³/mol. The van der Waals surface area contributed by atoms with Crippen molar-refractivity contribution in [2.24, 2.45) is 0 Å². The number of benzene rings is 2. The topological polar surface area (TPSA) is 90.3 Å². The SMILES string of the molecule is COc1cccc(S(=O)(=O)NCCn2nc(-c3ccc(F)cc3)ccc2=O)c1. The summed E-state index contributed by atoms with van der Waals surface area (Å²) in [6, 6.07) is 14.6. The zero-order valence-electron chi connectivity index (χ0n) is 15.0.